The van der Waals surface area contributed by atoms with Crippen molar-refractivity contribution in [1.29, 1.82) is 0 Å². The number of rotatable bonds is 2. The zero-order chi connectivity index (χ0) is 12.5. The van der Waals surface area contributed by atoms with Gasteiger partial charge in [-0.2, -0.15) is 0 Å². The first-order valence-corrected chi connectivity index (χ1v) is 6.50. The summed E-state index contributed by atoms with van der Waals surface area (Å²) >= 11 is 0. The molecule has 4 nitrogen and oxygen atoms in total. The number of fused-ring (bicyclic) bond motifs is 1. The molecule has 1 aliphatic heterocycles. The first-order chi connectivity index (χ1) is 8.72. The van der Waals surface area contributed by atoms with Gasteiger partial charge in [-0.3, -0.25) is 4.79 Å². The van der Waals surface area contributed by atoms with Crippen molar-refractivity contribution in [2.24, 2.45) is 0 Å². The summed E-state index contributed by atoms with van der Waals surface area (Å²) in [6, 6.07) is 5.77. The van der Waals surface area contributed by atoms with Crippen molar-refractivity contribution in [1.82, 2.24) is 0 Å². The third-order valence-corrected chi connectivity index (χ3v) is 3.68. The van der Waals surface area contributed by atoms with Crippen molar-refractivity contribution in [3.05, 3.63) is 23.8 Å². The fourth-order valence-corrected chi connectivity index (χ4v) is 2.64. The molecule has 1 heterocycles. The molecular weight excluding hydrogens is 230 g/mol. The van der Waals surface area contributed by atoms with Crippen molar-refractivity contribution in [3.63, 3.8) is 0 Å². The molecule has 0 saturated heterocycles. The van der Waals surface area contributed by atoms with E-state index in [1.165, 1.54) is 0 Å². The molecule has 0 bridgehead atoms. The Hall–Kier alpha value is -1.55. The third kappa shape index (κ3) is 2.20. The predicted octanol–water partition coefficient (Wildman–Crippen LogP) is 1.86. The molecule has 0 spiro atoms. The minimum atomic E-state index is -0.365. The summed E-state index contributed by atoms with van der Waals surface area (Å²) in [5.41, 5.74) is 1.99. The molecule has 1 aromatic rings. The average Bonchev–Trinajstić information content (AvgIpc) is 2.74. The summed E-state index contributed by atoms with van der Waals surface area (Å²) in [6.45, 7) is 0. The van der Waals surface area contributed by atoms with Crippen LogP contribution >= 0.6 is 0 Å². The lowest BCUT2D eigenvalue weighted by Gasteiger charge is -2.21. The second-order valence-electron chi connectivity index (χ2n) is 5.02. The molecule has 18 heavy (non-hydrogen) atoms. The number of nitrogens with one attached hydrogen (secondary N) is 1. The van der Waals surface area contributed by atoms with Crippen LogP contribution in [-0.4, -0.2) is 23.2 Å². The van der Waals surface area contributed by atoms with Crippen LogP contribution in [0.5, 0.6) is 5.75 Å². The largest absolute Gasteiger partial charge is 0.488 e. The second-order valence-corrected chi connectivity index (χ2v) is 5.02. The number of amides is 1. The molecule has 0 radical (unpaired) electrons. The molecule has 96 valence electrons. The number of carbonyl (C=O) groups excluding carboxylic acids is 1. The van der Waals surface area contributed by atoms with Crippen LogP contribution in [0.25, 0.3) is 0 Å². The Labute approximate surface area is 106 Å². The van der Waals surface area contributed by atoms with Gasteiger partial charge < -0.3 is 15.2 Å². The lowest BCUT2D eigenvalue weighted by molar-refractivity contribution is -0.116. The number of benzene rings is 1. The van der Waals surface area contributed by atoms with Gasteiger partial charge in [-0.1, -0.05) is 6.07 Å². The Morgan fingerprint density at radius 2 is 2.17 bits per heavy atom. The standard InChI is InChI=1S/C14H17NO3/c16-12-2-1-3-13(12)18-10-6-4-9-5-7-14(17)15-11(9)8-10/h4,6,8,12-13,16H,1-3,5,7H2,(H,15,17)/t12-,13-/m1/s1. The van der Waals surface area contributed by atoms with Gasteiger partial charge in [0.05, 0.1) is 6.10 Å². The van der Waals surface area contributed by atoms with Gasteiger partial charge in [-0.15, -0.1) is 0 Å². The van der Waals surface area contributed by atoms with Crippen LogP contribution in [0.4, 0.5) is 5.69 Å². The minimum Gasteiger partial charge on any atom is -0.488 e. The third-order valence-electron chi connectivity index (χ3n) is 3.68. The van der Waals surface area contributed by atoms with Gasteiger partial charge in [0.2, 0.25) is 5.91 Å². The minimum absolute atomic E-state index is 0.0561. The highest BCUT2D eigenvalue weighted by atomic mass is 16.5. The van der Waals surface area contributed by atoms with E-state index in [1.807, 2.05) is 18.2 Å². The monoisotopic (exact) mass is 247 g/mol. The molecule has 1 aliphatic carbocycles. The van der Waals surface area contributed by atoms with Gasteiger partial charge >= 0.3 is 0 Å². The molecular formula is C14H17NO3. The Bertz CT molecular complexity index is 472. The lowest BCUT2D eigenvalue weighted by atomic mass is 10.0. The number of ether oxygens (including phenoxy) is 1. The highest BCUT2D eigenvalue weighted by Gasteiger charge is 2.27. The number of anilines is 1. The number of aryl methyl sites for hydroxylation is 1. The quantitative estimate of drug-likeness (QED) is 0.838. The van der Waals surface area contributed by atoms with E-state index in [2.05, 4.69) is 5.32 Å². The molecule has 1 aromatic carbocycles. The molecule has 0 aromatic heterocycles. The normalized spacial score (nSPS) is 26.6. The van der Waals surface area contributed by atoms with Crippen LogP contribution in [0.15, 0.2) is 18.2 Å². The van der Waals surface area contributed by atoms with E-state index in [-0.39, 0.29) is 18.1 Å². The predicted molar refractivity (Wildman–Crippen MR) is 67.7 cm³/mol. The fraction of sp³-hybridized carbons (Fsp3) is 0.500. The van der Waals surface area contributed by atoms with Crippen LogP contribution in [0.2, 0.25) is 0 Å². The van der Waals surface area contributed by atoms with Crippen LogP contribution in [0.3, 0.4) is 0 Å². The maximum absolute atomic E-state index is 11.3. The van der Waals surface area contributed by atoms with Gasteiger partial charge in [0, 0.05) is 18.2 Å². The van der Waals surface area contributed by atoms with Gasteiger partial charge in [0.25, 0.3) is 0 Å². The summed E-state index contributed by atoms with van der Waals surface area (Å²) in [4.78, 5) is 11.3. The maximum atomic E-state index is 11.3. The van der Waals surface area contributed by atoms with Crippen LogP contribution in [-0.2, 0) is 11.2 Å². The van der Waals surface area contributed by atoms with Crippen molar-refractivity contribution in [2.45, 2.75) is 44.3 Å². The molecule has 2 atom stereocenters. The Morgan fingerprint density at radius 1 is 1.28 bits per heavy atom. The Morgan fingerprint density at radius 3 is 2.94 bits per heavy atom. The first kappa shape index (κ1) is 11.5. The molecule has 2 aliphatic rings. The zero-order valence-corrected chi connectivity index (χ0v) is 10.2. The van der Waals surface area contributed by atoms with E-state index in [9.17, 15) is 9.90 Å². The summed E-state index contributed by atoms with van der Waals surface area (Å²) in [5, 5.41) is 12.6. The van der Waals surface area contributed by atoms with Gasteiger partial charge in [0.1, 0.15) is 11.9 Å². The average molecular weight is 247 g/mol. The molecule has 4 heteroatoms. The molecule has 0 unspecified atom stereocenters. The molecule has 1 saturated carbocycles. The van der Waals surface area contributed by atoms with E-state index >= 15 is 0 Å². The Kier molecular flexibility index (Phi) is 2.96. The molecule has 2 N–H and O–H groups in total. The van der Waals surface area contributed by atoms with E-state index in [0.29, 0.717) is 6.42 Å². The molecule has 1 fully saturated rings. The Balaban J connectivity index is 1.77. The zero-order valence-electron chi connectivity index (χ0n) is 10.2. The van der Waals surface area contributed by atoms with Crippen molar-refractivity contribution in [2.75, 3.05) is 5.32 Å². The van der Waals surface area contributed by atoms with E-state index in [4.69, 9.17) is 4.74 Å². The van der Waals surface area contributed by atoms with E-state index < -0.39 is 0 Å². The van der Waals surface area contributed by atoms with E-state index in [1.54, 1.807) is 0 Å². The lowest BCUT2D eigenvalue weighted by Crippen LogP contribution is -2.26. The summed E-state index contributed by atoms with van der Waals surface area (Å²) in [7, 11) is 0. The number of hydrogen-bond acceptors (Lipinski definition) is 3. The van der Waals surface area contributed by atoms with Crippen LogP contribution in [0.1, 0.15) is 31.2 Å². The van der Waals surface area contributed by atoms with Crippen molar-refractivity contribution < 1.29 is 14.6 Å². The summed E-state index contributed by atoms with van der Waals surface area (Å²) in [6.07, 6.45) is 3.57. The topological polar surface area (TPSA) is 58.6 Å². The van der Waals surface area contributed by atoms with Gasteiger partial charge in [-0.05, 0) is 37.3 Å². The number of carbonyl (C=O) groups is 1. The van der Waals surface area contributed by atoms with E-state index in [0.717, 1.165) is 42.7 Å². The van der Waals surface area contributed by atoms with Crippen molar-refractivity contribution >= 4 is 11.6 Å². The molecule has 3 rings (SSSR count). The van der Waals surface area contributed by atoms with Crippen molar-refractivity contribution in [3.8, 4) is 5.75 Å². The van der Waals surface area contributed by atoms with Crippen LogP contribution < -0.4 is 10.1 Å². The number of aliphatic hydroxyl groups excluding tert-OH is 1. The summed E-state index contributed by atoms with van der Waals surface area (Å²) in [5.74, 6) is 0.780. The van der Waals surface area contributed by atoms with Gasteiger partial charge in [-0.25, -0.2) is 0 Å². The summed E-state index contributed by atoms with van der Waals surface area (Å²) < 4.78 is 5.79. The highest BCUT2D eigenvalue weighted by molar-refractivity contribution is 5.94. The molecule has 1 amide bonds. The van der Waals surface area contributed by atoms with Crippen LogP contribution in [0, 0.1) is 0 Å². The number of hydrogen-bond donors (Lipinski definition) is 2. The SMILES string of the molecule is O=C1CCc2ccc(O[C@@H]3CCC[C@H]3O)cc2N1. The second kappa shape index (κ2) is 4.61. The number of aliphatic hydroxyl groups is 1. The fourth-order valence-electron chi connectivity index (χ4n) is 2.64. The first-order valence-electron chi connectivity index (χ1n) is 6.50. The highest BCUT2D eigenvalue weighted by Crippen LogP contribution is 2.30. The van der Waals surface area contributed by atoms with Gasteiger partial charge in [0.15, 0.2) is 0 Å². The smallest absolute Gasteiger partial charge is 0.224 e. The maximum Gasteiger partial charge on any atom is 0.224 e.